The summed E-state index contributed by atoms with van der Waals surface area (Å²) >= 11 is 0. The number of unbranched alkanes of at least 4 members (excludes halogenated alkanes) is 1. The molecule has 0 bridgehead atoms. The lowest BCUT2D eigenvalue weighted by Gasteiger charge is -2.28. The number of halogens is 1. The van der Waals surface area contributed by atoms with E-state index >= 15 is 0 Å². The largest absolute Gasteiger partial charge is 0.335 e. The molecule has 1 aliphatic heterocycles. The summed E-state index contributed by atoms with van der Waals surface area (Å²) in [4.78, 5) is 14.8. The molecule has 1 fully saturated rings. The van der Waals surface area contributed by atoms with Crippen LogP contribution < -0.4 is 0 Å². The molecule has 8 heteroatoms. The zero-order chi connectivity index (χ0) is 19.6. The summed E-state index contributed by atoms with van der Waals surface area (Å²) in [6, 6.07) is 5.93. The van der Waals surface area contributed by atoms with Crippen LogP contribution in [0, 0.1) is 12.7 Å². The smallest absolute Gasteiger partial charge is 0.257 e. The van der Waals surface area contributed by atoms with E-state index in [0.717, 1.165) is 12.8 Å². The van der Waals surface area contributed by atoms with Crippen molar-refractivity contribution in [1.82, 2.24) is 14.7 Å². The Morgan fingerprint density at radius 3 is 2.74 bits per heavy atom. The zero-order valence-electron chi connectivity index (χ0n) is 15.6. The van der Waals surface area contributed by atoms with Crippen LogP contribution in [-0.4, -0.2) is 53.1 Å². The van der Waals surface area contributed by atoms with Crippen LogP contribution in [0.3, 0.4) is 0 Å². The highest BCUT2D eigenvalue weighted by Gasteiger charge is 2.35. The molecule has 0 aliphatic carbocycles. The molecule has 0 spiro atoms. The molecule has 1 aliphatic rings. The summed E-state index contributed by atoms with van der Waals surface area (Å²) in [5.41, 5.74) is 1.18. The van der Waals surface area contributed by atoms with Gasteiger partial charge in [-0.25, -0.2) is 17.5 Å². The van der Waals surface area contributed by atoms with Crippen LogP contribution in [0.25, 0.3) is 5.69 Å². The molecule has 3 rings (SSSR count). The number of benzene rings is 1. The molecular weight excluding hydrogens is 369 g/mol. The lowest BCUT2D eigenvalue weighted by molar-refractivity contribution is 0.0693. The lowest BCUT2D eigenvalue weighted by Crippen LogP contribution is -2.42. The minimum Gasteiger partial charge on any atom is -0.335 e. The van der Waals surface area contributed by atoms with Crippen LogP contribution in [-0.2, 0) is 9.84 Å². The predicted octanol–water partition coefficient (Wildman–Crippen LogP) is 2.75. The first kappa shape index (κ1) is 19.5. The van der Waals surface area contributed by atoms with Gasteiger partial charge in [0.2, 0.25) is 0 Å². The van der Waals surface area contributed by atoms with Crippen LogP contribution in [0.2, 0.25) is 0 Å². The quantitative estimate of drug-likeness (QED) is 0.757. The number of hydrogen-bond acceptors (Lipinski definition) is 4. The van der Waals surface area contributed by atoms with E-state index in [9.17, 15) is 17.6 Å². The summed E-state index contributed by atoms with van der Waals surface area (Å²) in [5.74, 6) is -0.553. The number of rotatable bonds is 6. The maximum atomic E-state index is 14.1. The molecule has 0 radical (unpaired) electrons. The molecular formula is C19H24FN3O3S. The minimum absolute atomic E-state index is 0.00293. The average Bonchev–Trinajstić information content (AvgIpc) is 3.18. The Morgan fingerprint density at radius 2 is 2.11 bits per heavy atom. The summed E-state index contributed by atoms with van der Waals surface area (Å²) in [7, 11) is -3.10. The van der Waals surface area contributed by atoms with Crippen LogP contribution in [0.4, 0.5) is 4.39 Å². The molecule has 1 amide bonds. The van der Waals surface area contributed by atoms with Gasteiger partial charge in [0.25, 0.3) is 5.91 Å². The molecule has 1 aromatic carbocycles. The van der Waals surface area contributed by atoms with Gasteiger partial charge >= 0.3 is 0 Å². The second-order valence-corrected chi connectivity index (χ2v) is 9.14. The molecule has 2 heterocycles. The third-order valence-electron chi connectivity index (χ3n) is 4.98. The predicted molar refractivity (Wildman–Crippen MR) is 101 cm³/mol. The highest BCUT2D eigenvalue weighted by atomic mass is 32.2. The maximum absolute atomic E-state index is 14.1. The maximum Gasteiger partial charge on any atom is 0.257 e. The average molecular weight is 393 g/mol. The Hall–Kier alpha value is -2.22. The van der Waals surface area contributed by atoms with Crippen LogP contribution in [0.15, 0.2) is 30.5 Å². The normalized spacial score (nSPS) is 18.6. The van der Waals surface area contributed by atoms with Crippen molar-refractivity contribution in [3.63, 3.8) is 0 Å². The van der Waals surface area contributed by atoms with E-state index in [4.69, 9.17) is 0 Å². The van der Waals surface area contributed by atoms with Crippen molar-refractivity contribution >= 4 is 15.7 Å². The van der Waals surface area contributed by atoms with E-state index in [1.807, 2.05) is 6.92 Å². The number of aromatic nitrogens is 2. The first-order chi connectivity index (χ1) is 12.8. The van der Waals surface area contributed by atoms with E-state index in [-0.39, 0.29) is 29.1 Å². The van der Waals surface area contributed by atoms with Crippen LogP contribution in [0.5, 0.6) is 0 Å². The van der Waals surface area contributed by atoms with Gasteiger partial charge in [-0.3, -0.25) is 4.79 Å². The molecule has 146 valence electrons. The molecule has 1 aromatic heterocycles. The fourth-order valence-corrected chi connectivity index (χ4v) is 5.17. The topological polar surface area (TPSA) is 72.3 Å². The van der Waals surface area contributed by atoms with Crippen molar-refractivity contribution in [1.29, 1.82) is 0 Å². The van der Waals surface area contributed by atoms with Gasteiger partial charge < -0.3 is 4.90 Å². The molecule has 27 heavy (non-hydrogen) atoms. The first-order valence-corrected chi connectivity index (χ1v) is 11.0. The molecule has 2 aromatic rings. The number of hydrogen-bond donors (Lipinski definition) is 0. The van der Waals surface area contributed by atoms with Crippen molar-refractivity contribution in [3.8, 4) is 5.69 Å². The highest BCUT2D eigenvalue weighted by Crippen LogP contribution is 2.23. The van der Waals surface area contributed by atoms with Crippen molar-refractivity contribution < 1.29 is 17.6 Å². The van der Waals surface area contributed by atoms with Crippen LogP contribution in [0.1, 0.15) is 42.2 Å². The van der Waals surface area contributed by atoms with Crippen LogP contribution >= 0.6 is 0 Å². The van der Waals surface area contributed by atoms with E-state index < -0.39 is 15.7 Å². The Labute approximate surface area is 158 Å². The zero-order valence-corrected chi connectivity index (χ0v) is 16.4. The van der Waals surface area contributed by atoms with Gasteiger partial charge in [0.05, 0.1) is 29.0 Å². The number of sulfone groups is 1. The lowest BCUT2D eigenvalue weighted by atomic mass is 10.1. The standard InChI is InChI=1S/C19H24FN3O3S/c1-3-4-10-22(15-9-11-27(25,26)13-15)19(24)16-12-21-23(14(16)2)18-8-6-5-7-17(18)20/h5-8,12,15H,3-4,9-11,13H2,1-2H3. The Kier molecular flexibility index (Phi) is 5.64. The number of carbonyl (C=O) groups excluding carboxylic acids is 1. The number of para-hydroxylation sites is 1. The molecule has 1 atom stereocenters. The molecule has 0 N–H and O–H groups in total. The Balaban J connectivity index is 1.92. The van der Waals surface area contributed by atoms with Gasteiger partial charge in [-0.15, -0.1) is 0 Å². The van der Waals surface area contributed by atoms with Gasteiger partial charge in [0.1, 0.15) is 11.5 Å². The van der Waals surface area contributed by atoms with Gasteiger partial charge in [-0.05, 0) is 31.9 Å². The highest BCUT2D eigenvalue weighted by molar-refractivity contribution is 7.91. The summed E-state index contributed by atoms with van der Waals surface area (Å²) in [5, 5.41) is 4.20. The Morgan fingerprint density at radius 1 is 1.37 bits per heavy atom. The van der Waals surface area contributed by atoms with Crippen molar-refractivity contribution in [2.45, 2.75) is 39.2 Å². The van der Waals surface area contributed by atoms with Gasteiger partial charge in [-0.1, -0.05) is 25.5 Å². The van der Waals surface area contributed by atoms with E-state index in [2.05, 4.69) is 5.10 Å². The summed E-state index contributed by atoms with van der Waals surface area (Å²) in [6.45, 7) is 4.24. The number of nitrogens with zero attached hydrogens (tertiary/aromatic N) is 3. The first-order valence-electron chi connectivity index (χ1n) is 9.15. The van der Waals surface area contributed by atoms with E-state index in [0.29, 0.717) is 24.2 Å². The Bertz CT molecular complexity index is 939. The van der Waals surface area contributed by atoms with Gasteiger partial charge in [-0.2, -0.15) is 5.10 Å². The second kappa shape index (κ2) is 7.80. The van der Waals surface area contributed by atoms with Crippen molar-refractivity contribution in [2.24, 2.45) is 0 Å². The number of carbonyl (C=O) groups is 1. The fraction of sp³-hybridized carbons (Fsp3) is 0.474. The second-order valence-electron chi connectivity index (χ2n) is 6.92. The monoisotopic (exact) mass is 393 g/mol. The van der Waals surface area contributed by atoms with E-state index in [1.54, 1.807) is 30.0 Å². The number of amides is 1. The molecule has 0 saturated carbocycles. The third-order valence-corrected chi connectivity index (χ3v) is 6.73. The van der Waals surface area contributed by atoms with Gasteiger partial charge in [0, 0.05) is 12.6 Å². The van der Waals surface area contributed by atoms with Gasteiger partial charge in [0.15, 0.2) is 9.84 Å². The molecule has 6 nitrogen and oxygen atoms in total. The van der Waals surface area contributed by atoms with E-state index in [1.165, 1.54) is 16.9 Å². The van der Waals surface area contributed by atoms with Crippen molar-refractivity contribution in [2.75, 3.05) is 18.1 Å². The molecule has 1 saturated heterocycles. The minimum atomic E-state index is -3.10. The summed E-state index contributed by atoms with van der Waals surface area (Å²) in [6.07, 6.45) is 3.59. The SMILES string of the molecule is CCCCN(C(=O)c1cnn(-c2ccccc2F)c1C)C1CCS(=O)(=O)C1. The fourth-order valence-electron chi connectivity index (χ4n) is 3.44. The molecule has 1 unspecified atom stereocenters. The summed E-state index contributed by atoms with van der Waals surface area (Å²) < 4.78 is 39.3. The van der Waals surface area contributed by atoms with Crippen molar-refractivity contribution in [3.05, 3.63) is 47.5 Å². The third kappa shape index (κ3) is 4.05.